The number of ketones is 1. The van der Waals surface area contributed by atoms with Gasteiger partial charge in [0, 0.05) is 44.7 Å². The predicted octanol–water partition coefficient (Wildman–Crippen LogP) is 2.72. The van der Waals surface area contributed by atoms with E-state index < -0.39 is 116 Å². The first-order valence-electron chi connectivity index (χ1n) is 22.4. The zero-order valence-electron chi connectivity index (χ0n) is 38.9. The Labute approximate surface area is 376 Å². The molecule has 0 radical (unpaired) electrons. The van der Waals surface area contributed by atoms with Crippen LogP contribution in [0.15, 0.2) is 54.4 Å². The van der Waals surface area contributed by atoms with Crippen molar-refractivity contribution in [2.24, 2.45) is 23.7 Å². The quantitative estimate of drug-likeness (QED) is 0.212. The summed E-state index contributed by atoms with van der Waals surface area (Å²) in [5.41, 5.74) is 1.96. The topological polar surface area (TPSA) is 227 Å². The third-order valence-corrected chi connectivity index (χ3v) is 12.9. The van der Waals surface area contributed by atoms with Crippen molar-refractivity contribution >= 4 is 11.8 Å². The molecule has 18 nitrogen and oxygen atoms in total. The summed E-state index contributed by atoms with van der Waals surface area (Å²) in [5.74, 6) is -3.07. The fourth-order valence-electron chi connectivity index (χ4n) is 9.02. The van der Waals surface area contributed by atoms with E-state index >= 15 is 0 Å². The molecule has 3 aliphatic heterocycles. The highest BCUT2D eigenvalue weighted by Crippen LogP contribution is 2.35. The fraction of sp³-hybridized carbons (Fsp3) is 0.717. The molecular weight excluding hydrogens is 831 g/mol. The number of carbonyl (C=O) groups excluding carboxylic acids is 2. The number of aromatic nitrogens is 4. The van der Waals surface area contributed by atoms with E-state index in [4.69, 9.17) is 33.2 Å². The molecule has 64 heavy (non-hydrogen) atoms. The van der Waals surface area contributed by atoms with Gasteiger partial charge in [-0.3, -0.25) is 19.3 Å². The van der Waals surface area contributed by atoms with Gasteiger partial charge in [0.05, 0.1) is 61.5 Å². The summed E-state index contributed by atoms with van der Waals surface area (Å²) < 4.78 is 44.2. The van der Waals surface area contributed by atoms with Gasteiger partial charge in [0.2, 0.25) is 0 Å². The number of aliphatic hydroxyl groups excluding tert-OH is 4. The van der Waals surface area contributed by atoms with Gasteiger partial charge in [0.25, 0.3) is 0 Å². The molecule has 2 fully saturated rings. The molecular formula is C46H71N5O13. The van der Waals surface area contributed by atoms with Crippen LogP contribution >= 0.6 is 0 Å². The zero-order chi connectivity index (χ0) is 46.8. The molecule has 3 aliphatic rings. The summed E-state index contributed by atoms with van der Waals surface area (Å²) in [6, 6.07) is 4.78. The minimum atomic E-state index is -1.30. The second-order valence-corrected chi connectivity index (χ2v) is 17.8. The molecule has 2 saturated heterocycles. The van der Waals surface area contributed by atoms with E-state index in [-0.39, 0.29) is 12.4 Å². The molecule has 17 atom stereocenters. The van der Waals surface area contributed by atoms with Crippen molar-refractivity contribution in [3.63, 3.8) is 0 Å². The van der Waals surface area contributed by atoms with Gasteiger partial charge in [-0.1, -0.05) is 49.8 Å². The van der Waals surface area contributed by atoms with Crippen LogP contribution in [0.1, 0.15) is 67.2 Å². The summed E-state index contributed by atoms with van der Waals surface area (Å²) in [7, 11) is 6.45. The molecule has 5 rings (SSSR count). The number of ether oxygens (including phenoxy) is 7. The summed E-state index contributed by atoms with van der Waals surface area (Å²) in [6.07, 6.45) is -1.82. The largest absolute Gasteiger partial charge is 0.462 e. The van der Waals surface area contributed by atoms with Crippen molar-refractivity contribution in [2.75, 3.05) is 34.9 Å². The Morgan fingerprint density at radius 1 is 0.891 bits per heavy atom. The van der Waals surface area contributed by atoms with Crippen LogP contribution in [0.25, 0.3) is 11.4 Å². The first-order chi connectivity index (χ1) is 30.5. The average Bonchev–Trinajstić information content (AvgIpc) is 3.75. The van der Waals surface area contributed by atoms with Crippen molar-refractivity contribution in [2.45, 2.75) is 153 Å². The lowest BCUT2D eigenvalue weighted by Gasteiger charge is -2.46. The summed E-state index contributed by atoms with van der Waals surface area (Å²) >= 11 is 0. The maximum Gasteiger partial charge on any atom is 0.308 e. The van der Waals surface area contributed by atoms with Gasteiger partial charge in [-0.2, -0.15) is 0 Å². The summed E-state index contributed by atoms with van der Waals surface area (Å²) in [5, 5.41) is 53.9. The number of methoxy groups -OCH3 is 2. The number of hydrogen-bond acceptors (Lipinski definition) is 17. The van der Waals surface area contributed by atoms with E-state index in [9.17, 15) is 30.0 Å². The minimum Gasteiger partial charge on any atom is -0.462 e. The fourth-order valence-corrected chi connectivity index (χ4v) is 9.02. The van der Waals surface area contributed by atoms with Crippen LogP contribution in [0.2, 0.25) is 0 Å². The van der Waals surface area contributed by atoms with Crippen LogP contribution in [0.5, 0.6) is 0 Å². The standard InChI is InChI=1S/C46H71N5O13/c1-11-36-31(24-60-46-44(59-10)43(58-9)40(56)29(6)62-46)20-25(2)15-16-34(52)26(3)21-30(17-19-51-23-33(48-49-51)32-14-12-13-18-47-32)42(27(4)35(53)22-37(54)63-36)64-45-41(57)38(50(7)8)39(55)28(5)61-45/h12-16,18,20,23,26-31,35-36,38-46,53,55-57H,11,17,19,21-22,24H2,1-10H3/b16-15+,25-20+/t26-,27+,28-,29-,30+,31-,35-,36-,38+,39-,40-,41-,42-,43-,44-,45+,46-/m1/s1. The van der Waals surface area contributed by atoms with Crippen molar-refractivity contribution in [3.8, 4) is 11.4 Å². The Hall–Kier alpha value is -3.53. The van der Waals surface area contributed by atoms with Gasteiger partial charge in [-0.25, -0.2) is 0 Å². The number of aliphatic hydroxyl groups is 4. The number of rotatable bonds is 13. The molecule has 0 saturated carbocycles. The monoisotopic (exact) mass is 902 g/mol. The number of likely N-dealkylation sites (N-methyl/N-ethyl adjacent to an activating group) is 1. The van der Waals surface area contributed by atoms with E-state index in [2.05, 4.69) is 15.3 Å². The second-order valence-electron chi connectivity index (χ2n) is 17.8. The molecule has 358 valence electrons. The molecule has 2 aromatic heterocycles. The van der Waals surface area contributed by atoms with Gasteiger partial charge in [0.1, 0.15) is 36.2 Å². The van der Waals surface area contributed by atoms with Gasteiger partial charge in [-0.15, -0.1) is 5.10 Å². The number of hydrogen-bond donors (Lipinski definition) is 4. The first kappa shape index (κ1) is 51.5. The maximum absolute atomic E-state index is 14.0. The Kier molecular flexibility index (Phi) is 19.1. The van der Waals surface area contributed by atoms with Crippen LogP contribution in [-0.4, -0.2) is 172 Å². The number of carbonyl (C=O) groups is 2. The molecule has 0 bridgehead atoms. The lowest BCUT2D eigenvalue weighted by atomic mass is 9.79. The van der Waals surface area contributed by atoms with Crippen molar-refractivity contribution in [1.82, 2.24) is 24.9 Å². The van der Waals surface area contributed by atoms with E-state index in [1.54, 1.807) is 62.9 Å². The highest BCUT2D eigenvalue weighted by Gasteiger charge is 2.48. The van der Waals surface area contributed by atoms with Crippen LogP contribution in [0, 0.1) is 23.7 Å². The number of allylic oxidation sites excluding steroid dienone is 3. The maximum atomic E-state index is 14.0. The Bertz CT molecular complexity index is 1830. The molecule has 4 N–H and O–H groups in total. The van der Waals surface area contributed by atoms with E-state index in [0.29, 0.717) is 37.2 Å². The van der Waals surface area contributed by atoms with E-state index in [1.807, 2.05) is 45.0 Å². The molecule has 0 unspecified atom stereocenters. The third-order valence-electron chi connectivity index (χ3n) is 12.9. The average molecular weight is 902 g/mol. The molecule has 18 heteroatoms. The highest BCUT2D eigenvalue weighted by atomic mass is 16.7. The van der Waals surface area contributed by atoms with Crippen LogP contribution in [-0.2, 0) is 49.3 Å². The Balaban J connectivity index is 1.47. The normalized spacial score (nSPS) is 38.7. The van der Waals surface area contributed by atoms with Gasteiger partial charge in [-0.05, 0) is 78.3 Å². The van der Waals surface area contributed by atoms with Crippen LogP contribution < -0.4 is 0 Å². The van der Waals surface area contributed by atoms with Gasteiger partial charge < -0.3 is 58.5 Å². The minimum absolute atomic E-state index is 0.0154. The first-order valence-corrected chi connectivity index (χ1v) is 22.4. The SMILES string of the molecule is CC[C@H]1OC(=O)C[C@@H](O)[C@H](C)[C@@H](O[C@@H]2O[C@H](C)[C@@H](O)[C@H](N(C)C)[C@H]2O)[C@@H](CCn2cc(-c3ccccn3)nn2)C[C@@H](C)C(=O)/C=C/C(C)=C/[C@@H]1CO[C@@H]1O[C@H](C)[C@@H](O)[C@@H](OC)[C@H]1OC. The molecule has 0 aromatic carbocycles. The van der Waals surface area contributed by atoms with Gasteiger partial charge >= 0.3 is 5.97 Å². The van der Waals surface area contributed by atoms with Crippen molar-refractivity contribution in [1.29, 1.82) is 0 Å². The van der Waals surface area contributed by atoms with E-state index in [0.717, 1.165) is 5.57 Å². The third kappa shape index (κ3) is 12.9. The molecule has 0 aliphatic carbocycles. The molecule has 5 heterocycles. The Morgan fingerprint density at radius 3 is 2.25 bits per heavy atom. The Morgan fingerprint density at radius 2 is 1.59 bits per heavy atom. The molecule has 2 aromatic rings. The summed E-state index contributed by atoms with van der Waals surface area (Å²) in [6.45, 7) is 11.1. The second kappa shape index (κ2) is 23.8. The highest BCUT2D eigenvalue weighted by molar-refractivity contribution is 5.91. The van der Waals surface area contributed by atoms with Crippen molar-refractivity contribution < 1.29 is 63.2 Å². The van der Waals surface area contributed by atoms with Gasteiger partial charge in [0.15, 0.2) is 18.4 Å². The van der Waals surface area contributed by atoms with E-state index in [1.165, 1.54) is 20.3 Å². The molecule has 0 spiro atoms. The predicted molar refractivity (Wildman–Crippen MR) is 233 cm³/mol. The van der Waals surface area contributed by atoms with Crippen LogP contribution in [0.3, 0.4) is 0 Å². The number of pyridine rings is 1. The zero-order valence-corrected chi connectivity index (χ0v) is 38.9. The number of esters is 1. The van der Waals surface area contributed by atoms with Crippen molar-refractivity contribution in [3.05, 3.63) is 54.4 Å². The lowest BCUT2D eigenvalue weighted by molar-refractivity contribution is -0.304. The lowest BCUT2D eigenvalue weighted by Crippen LogP contribution is -2.63. The van der Waals surface area contributed by atoms with Crippen LogP contribution in [0.4, 0.5) is 0 Å². The molecule has 0 amide bonds. The number of cyclic esters (lactones) is 1. The summed E-state index contributed by atoms with van der Waals surface area (Å²) in [4.78, 5) is 34.0. The smallest absolute Gasteiger partial charge is 0.308 e. The number of aryl methyl sites for hydroxylation is 1. The number of nitrogens with zero attached hydrogens (tertiary/aromatic N) is 5.